The highest BCUT2D eigenvalue weighted by Gasteiger charge is 2.23. The molecule has 0 unspecified atom stereocenters. The van der Waals surface area contributed by atoms with Crippen molar-refractivity contribution in [1.82, 2.24) is 15.0 Å². The number of ether oxygens (including phenoxy) is 3. The maximum atomic E-state index is 12.6. The Bertz CT molecular complexity index is 1680. The molecule has 0 spiro atoms. The number of aromatic carboxylic acids is 1. The van der Waals surface area contributed by atoms with Crippen molar-refractivity contribution in [2.75, 3.05) is 26.1 Å². The largest absolute Gasteiger partial charge is 0.493 e. The third-order valence-corrected chi connectivity index (χ3v) is 7.50. The summed E-state index contributed by atoms with van der Waals surface area (Å²) in [5.74, 6) is -0.422. The fourth-order valence-corrected chi connectivity index (χ4v) is 5.40. The molecule has 0 radical (unpaired) electrons. The van der Waals surface area contributed by atoms with E-state index >= 15 is 0 Å². The van der Waals surface area contributed by atoms with Crippen molar-refractivity contribution in [3.05, 3.63) is 59.4 Å². The van der Waals surface area contributed by atoms with Gasteiger partial charge >= 0.3 is 12.0 Å². The number of nitrogens with one attached hydrogen (secondary N) is 1. The van der Waals surface area contributed by atoms with E-state index in [1.54, 1.807) is 24.4 Å². The first kappa shape index (κ1) is 29.6. The van der Waals surface area contributed by atoms with Crippen molar-refractivity contribution in [3.8, 4) is 28.8 Å². The molecule has 11 heteroatoms. The summed E-state index contributed by atoms with van der Waals surface area (Å²) in [6.45, 7) is 4.48. The van der Waals surface area contributed by atoms with Crippen molar-refractivity contribution in [1.29, 1.82) is 0 Å². The van der Waals surface area contributed by atoms with Gasteiger partial charge < -0.3 is 30.4 Å². The molecule has 2 aromatic heterocycles. The number of carbonyl (C=O) groups excluding carboxylic acids is 1. The summed E-state index contributed by atoms with van der Waals surface area (Å²) in [7, 11) is 2.98. The van der Waals surface area contributed by atoms with Crippen LogP contribution in [0.3, 0.4) is 0 Å². The third-order valence-electron chi connectivity index (χ3n) is 7.50. The second-order valence-electron chi connectivity index (χ2n) is 11.0. The number of hydrogen-bond acceptors (Lipinski definition) is 9. The average Bonchev–Trinajstić information content (AvgIpc) is 3.54. The van der Waals surface area contributed by atoms with Crippen LogP contribution >= 0.6 is 0 Å². The summed E-state index contributed by atoms with van der Waals surface area (Å²) in [6, 6.07) is 8.99. The van der Waals surface area contributed by atoms with E-state index < -0.39 is 11.9 Å². The smallest absolute Gasteiger partial charge is 0.335 e. The molecule has 1 fully saturated rings. The Morgan fingerprint density at radius 1 is 1.02 bits per heavy atom. The lowest BCUT2D eigenvalue weighted by Gasteiger charge is -2.19. The Labute approximate surface area is 249 Å². The number of carbonyl (C=O) groups is 2. The minimum Gasteiger partial charge on any atom is -0.493 e. The number of amides is 1. The van der Waals surface area contributed by atoms with Crippen LogP contribution in [0, 0.1) is 5.92 Å². The summed E-state index contributed by atoms with van der Waals surface area (Å²) in [4.78, 5) is 37.8. The molecule has 224 valence electrons. The molecular weight excluding hydrogens is 550 g/mol. The van der Waals surface area contributed by atoms with Gasteiger partial charge in [-0.2, -0.15) is 4.98 Å². The molecule has 0 bridgehead atoms. The molecule has 0 saturated heterocycles. The molecule has 1 saturated carbocycles. The fourth-order valence-electron chi connectivity index (χ4n) is 5.40. The maximum absolute atomic E-state index is 12.6. The number of carboxylic acid groups (broad SMARTS) is 1. The number of pyridine rings is 1. The van der Waals surface area contributed by atoms with Gasteiger partial charge in [-0.15, -0.1) is 0 Å². The number of methoxy groups -OCH3 is 2. The first-order valence-corrected chi connectivity index (χ1v) is 14.2. The van der Waals surface area contributed by atoms with Crippen LogP contribution in [0.15, 0.2) is 42.7 Å². The molecule has 1 aliphatic carbocycles. The van der Waals surface area contributed by atoms with Crippen molar-refractivity contribution in [3.63, 3.8) is 0 Å². The lowest BCUT2D eigenvalue weighted by molar-refractivity contribution is 0.0696. The van der Waals surface area contributed by atoms with Crippen molar-refractivity contribution < 1.29 is 28.9 Å². The van der Waals surface area contributed by atoms with Gasteiger partial charge in [-0.1, -0.05) is 26.7 Å². The van der Waals surface area contributed by atoms with Gasteiger partial charge in [0, 0.05) is 29.0 Å². The lowest BCUT2D eigenvalue weighted by atomic mass is 9.95. The second kappa shape index (κ2) is 12.5. The van der Waals surface area contributed by atoms with Gasteiger partial charge in [0.15, 0.2) is 0 Å². The number of nitrogens with two attached hydrogens (primary N) is 1. The van der Waals surface area contributed by atoms with E-state index in [4.69, 9.17) is 19.9 Å². The molecule has 0 aliphatic heterocycles. The van der Waals surface area contributed by atoms with Crippen LogP contribution in [0.2, 0.25) is 0 Å². The highest BCUT2D eigenvalue weighted by molar-refractivity contribution is 6.09. The van der Waals surface area contributed by atoms with Crippen LogP contribution in [0.5, 0.6) is 17.6 Å². The SMILES string of the molecule is COc1ncc(-c2cc3ncc(C(N)=O)c(Nc4cc(C(=O)O)cc(C5CCCC5)c4)c3cc2OCC(C)C)c(OC)n1. The van der Waals surface area contributed by atoms with Crippen LogP contribution in [0.4, 0.5) is 11.4 Å². The lowest BCUT2D eigenvalue weighted by Crippen LogP contribution is -2.14. The Kier molecular flexibility index (Phi) is 8.61. The minimum atomic E-state index is -1.03. The molecule has 11 nitrogen and oxygen atoms in total. The Hall–Kier alpha value is -4.93. The highest BCUT2D eigenvalue weighted by atomic mass is 16.5. The van der Waals surface area contributed by atoms with Crippen molar-refractivity contribution in [2.24, 2.45) is 11.7 Å². The van der Waals surface area contributed by atoms with Crippen molar-refractivity contribution in [2.45, 2.75) is 45.4 Å². The summed E-state index contributed by atoms with van der Waals surface area (Å²) >= 11 is 0. The number of rotatable bonds is 11. The zero-order chi connectivity index (χ0) is 30.7. The molecule has 1 aliphatic rings. The monoisotopic (exact) mass is 585 g/mol. The molecule has 2 heterocycles. The van der Waals surface area contributed by atoms with Gasteiger partial charge in [-0.3, -0.25) is 9.78 Å². The van der Waals surface area contributed by atoms with E-state index in [0.717, 1.165) is 31.2 Å². The normalized spacial score (nSPS) is 13.3. The molecule has 1 amide bonds. The first-order chi connectivity index (χ1) is 20.7. The van der Waals surface area contributed by atoms with Crippen molar-refractivity contribution >= 4 is 34.2 Å². The fraction of sp³-hybridized carbons (Fsp3) is 0.344. The van der Waals surface area contributed by atoms with Gasteiger partial charge in [0.05, 0.1) is 48.7 Å². The van der Waals surface area contributed by atoms with E-state index in [2.05, 4.69) is 20.3 Å². The predicted octanol–water partition coefficient (Wildman–Crippen LogP) is 5.94. The van der Waals surface area contributed by atoms with Gasteiger partial charge in [0.1, 0.15) is 5.75 Å². The quantitative estimate of drug-likeness (QED) is 0.192. The number of aromatic nitrogens is 3. The van der Waals surface area contributed by atoms with Gasteiger partial charge in [-0.05, 0) is 60.6 Å². The summed E-state index contributed by atoms with van der Waals surface area (Å²) in [5, 5.41) is 13.7. The third kappa shape index (κ3) is 6.30. The van der Waals surface area contributed by atoms with Crippen LogP contribution in [-0.2, 0) is 0 Å². The summed E-state index contributed by atoms with van der Waals surface area (Å²) < 4.78 is 17.0. The molecule has 0 atom stereocenters. The molecular formula is C32H35N5O6. The number of fused-ring (bicyclic) bond motifs is 1. The van der Waals surface area contributed by atoms with E-state index in [9.17, 15) is 14.7 Å². The topological polar surface area (TPSA) is 159 Å². The molecule has 4 aromatic rings. The Morgan fingerprint density at radius 3 is 2.44 bits per heavy atom. The van der Waals surface area contributed by atoms with Gasteiger partial charge in [0.2, 0.25) is 5.88 Å². The number of hydrogen-bond donors (Lipinski definition) is 3. The zero-order valence-corrected chi connectivity index (χ0v) is 24.6. The number of primary amides is 1. The first-order valence-electron chi connectivity index (χ1n) is 14.2. The minimum absolute atomic E-state index is 0.155. The van der Waals surface area contributed by atoms with E-state index in [0.29, 0.717) is 45.8 Å². The van der Waals surface area contributed by atoms with E-state index in [-0.39, 0.29) is 34.9 Å². The molecule has 4 N–H and O–H groups in total. The predicted molar refractivity (Wildman–Crippen MR) is 163 cm³/mol. The number of benzene rings is 2. The standard InChI is InChI=1S/C32H35N5O6/c1-17(2)16-43-27-13-23-26(12-22(27)24-14-35-32(42-4)37-30(24)41-3)34-15-25(29(33)38)28(23)36-21-10-19(18-7-5-6-8-18)9-20(11-21)31(39)40/h9-15,17-18H,5-8,16H2,1-4H3,(H2,33,38)(H,34,36)(H,39,40). The number of carboxylic acids is 1. The van der Waals surface area contributed by atoms with Gasteiger partial charge in [-0.25, -0.2) is 9.78 Å². The van der Waals surface area contributed by atoms with E-state index in [1.165, 1.54) is 20.4 Å². The van der Waals surface area contributed by atoms with Crippen LogP contribution in [-0.4, -0.2) is 52.8 Å². The second-order valence-corrected chi connectivity index (χ2v) is 11.0. The Morgan fingerprint density at radius 2 is 1.79 bits per heavy atom. The maximum Gasteiger partial charge on any atom is 0.335 e. The summed E-state index contributed by atoms with van der Waals surface area (Å²) in [5.41, 5.74) is 9.74. The number of anilines is 2. The summed E-state index contributed by atoms with van der Waals surface area (Å²) in [6.07, 6.45) is 7.23. The van der Waals surface area contributed by atoms with Gasteiger partial charge in [0.25, 0.3) is 5.91 Å². The van der Waals surface area contributed by atoms with E-state index in [1.807, 2.05) is 26.0 Å². The average molecular weight is 586 g/mol. The van der Waals surface area contributed by atoms with Crippen LogP contribution in [0.1, 0.15) is 71.7 Å². The van der Waals surface area contributed by atoms with Crippen LogP contribution in [0.25, 0.3) is 22.0 Å². The molecule has 2 aromatic carbocycles. The highest BCUT2D eigenvalue weighted by Crippen LogP contribution is 2.42. The molecule has 5 rings (SSSR count). The number of nitrogens with zero attached hydrogens (tertiary/aromatic N) is 3. The molecule has 43 heavy (non-hydrogen) atoms. The van der Waals surface area contributed by atoms with Crippen LogP contribution < -0.4 is 25.3 Å². The zero-order valence-electron chi connectivity index (χ0n) is 24.6. The Balaban J connectivity index is 1.70.